The van der Waals surface area contributed by atoms with E-state index in [1.54, 1.807) is 10.9 Å². The van der Waals surface area contributed by atoms with Crippen LogP contribution in [0.15, 0.2) is 24.4 Å². The predicted molar refractivity (Wildman–Crippen MR) is 66.1 cm³/mol. The van der Waals surface area contributed by atoms with Crippen LogP contribution in [0.25, 0.3) is 0 Å². The highest BCUT2D eigenvalue weighted by Gasteiger charge is 2.18. The van der Waals surface area contributed by atoms with Gasteiger partial charge in [-0.1, -0.05) is 23.4 Å². The number of aryl methyl sites for hydroxylation is 2. The fourth-order valence-electron chi connectivity index (χ4n) is 1.98. The van der Waals surface area contributed by atoms with Gasteiger partial charge < -0.3 is 0 Å². The molecule has 0 saturated carbocycles. The Bertz CT molecular complexity index is 517. The molecular weight excluding hydrogens is 214 g/mol. The zero-order chi connectivity index (χ0) is 12.4. The molecule has 0 saturated heterocycles. The van der Waals surface area contributed by atoms with Crippen molar-refractivity contribution in [3.05, 3.63) is 46.8 Å². The SMILES string of the molecule is Cc1cccc(C(NN)c2cnnn2C)c1C. The number of nitrogens with two attached hydrogens (primary N) is 1. The molecular formula is C12H17N5. The Morgan fingerprint density at radius 1 is 1.35 bits per heavy atom. The third kappa shape index (κ3) is 2.07. The van der Waals surface area contributed by atoms with Gasteiger partial charge >= 0.3 is 0 Å². The lowest BCUT2D eigenvalue weighted by Crippen LogP contribution is -2.31. The maximum Gasteiger partial charge on any atom is 0.0897 e. The van der Waals surface area contributed by atoms with Crippen molar-refractivity contribution in [2.24, 2.45) is 12.9 Å². The van der Waals surface area contributed by atoms with E-state index in [1.807, 2.05) is 13.1 Å². The van der Waals surface area contributed by atoms with Crippen molar-refractivity contribution in [3.8, 4) is 0 Å². The van der Waals surface area contributed by atoms with Crippen LogP contribution in [-0.2, 0) is 7.05 Å². The first-order valence-corrected chi connectivity index (χ1v) is 5.52. The van der Waals surface area contributed by atoms with Gasteiger partial charge in [0.1, 0.15) is 0 Å². The molecule has 0 bridgehead atoms. The molecule has 0 fully saturated rings. The van der Waals surface area contributed by atoms with E-state index in [0.717, 1.165) is 11.3 Å². The molecule has 17 heavy (non-hydrogen) atoms. The Balaban J connectivity index is 2.50. The summed E-state index contributed by atoms with van der Waals surface area (Å²) < 4.78 is 1.73. The van der Waals surface area contributed by atoms with Crippen LogP contribution in [0.1, 0.15) is 28.4 Å². The van der Waals surface area contributed by atoms with Gasteiger partial charge in [0.2, 0.25) is 0 Å². The summed E-state index contributed by atoms with van der Waals surface area (Å²) in [5.41, 5.74) is 7.41. The summed E-state index contributed by atoms with van der Waals surface area (Å²) in [6, 6.07) is 6.11. The van der Waals surface area contributed by atoms with E-state index < -0.39 is 0 Å². The highest BCUT2D eigenvalue weighted by Crippen LogP contribution is 2.24. The van der Waals surface area contributed by atoms with Gasteiger partial charge in [-0.05, 0) is 30.5 Å². The zero-order valence-corrected chi connectivity index (χ0v) is 10.3. The highest BCUT2D eigenvalue weighted by molar-refractivity contribution is 5.38. The standard InChI is InChI=1S/C12H17N5/c1-8-5-4-6-10(9(8)2)12(15-13)11-7-14-16-17(11)3/h4-7,12,15H,13H2,1-3H3. The Labute approximate surface area is 101 Å². The molecule has 2 aromatic rings. The fourth-order valence-corrected chi connectivity index (χ4v) is 1.98. The Kier molecular flexibility index (Phi) is 3.21. The van der Waals surface area contributed by atoms with E-state index in [4.69, 9.17) is 5.84 Å². The molecule has 0 aliphatic rings. The van der Waals surface area contributed by atoms with Gasteiger partial charge in [0.05, 0.1) is 17.9 Å². The molecule has 2 rings (SSSR count). The second-order valence-electron chi connectivity index (χ2n) is 4.17. The smallest absolute Gasteiger partial charge is 0.0897 e. The van der Waals surface area contributed by atoms with E-state index in [2.05, 4.69) is 41.7 Å². The van der Waals surface area contributed by atoms with Crippen molar-refractivity contribution in [2.45, 2.75) is 19.9 Å². The summed E-state index contributed by atoms with van der Waals surface area (Å²) in [7, 11) is 1.86. The lowest BCUT2D eigenvalue weighted by atomic mass is 9.96. The van der Waals surface area contributed by atoms with Crippen LogP contribution in [0.4, 0.5) is 0 Å². The molecule has 1 aromatic heterocycles. The van der Waals surface area contributed by atoms with Crippen molar-refractivity contribution < 1.29 is 0 Å². The van der Waals surface area contributed by atoms with Crippen molar-refractivity contribution in [3.63, 3.8) is 0 Å². The Morgan fingerprint density at radius 2 is 2.12 bits per heavy atom. The quantitative estimate of drug-likeness (QED) is 0.610. The van der Waals surface area contributed by atoms with Crippen LogP contribution in [0, 0.1) is 13.8 Å². The van der Waals surface area contributed by atoms with Gasteiger partial charge in [0.15, 0.2) is 0 Å². The number of hydrogen-bond acceptors (Lipinski definition) is 4. The van der Waals surface area contributed by atoms with E-state index in [0.29, 0.717) is 0 Å². The molecule has 0 amide bonds. The number of aromatic nitrogens is 3. The largest absolute Gasteiger partial charge is 0.271 e. The second-order valence-corrected chi connectivity index (χ2v) is 4.17. The van der Waals surface area contributed by atoms with Crippen LogP contribution in [0.5, 0.6) is 0 Å². The van der Waals surface area contributed by atoms with Gasteiger partial charge in [0.25, 0.3) is 0 Å². The van der Waals surface area contributed by atoms with Gasteiger partial charge in [-0.25, -0.2) is 5.43 Å². The first kappa shape index (κ1) is 11.8. The molecule has 3 N–H and O–H groups in total. The van der Waals surface area contributed by atoms with Crippen molar-refractivity contribution in [2.75, 3.05) is 0 Å². The van der Waals surface area contributed by atoms with Crippen LogP contribution >= 0.6 is 0 Å². The van der Waals surface area contributed by atoms with E-state index in [1.165, 1.54) is 11.1 Å². The molecule has 0 aliphatic heterocycles. The number of nitrogens with one attached hydrogen (secondary N) is 1. The molecule has 0 aliphatic carbocycles. The van der Waals surface area contributed by atoms with Crippen molar-refractivity contribution >= 4 is 0 Å². The van der Waals surface area contributed by atoms with Crippen molar-refractivity contribution in [1.82, 2.24) is 20.4 Å². The van der Waals surface area contributed by atoms with Crippen molar-refractivity contribution in [1.29, 1.82) is 0 Å². The van der Waals surface area contributed by atoms with E-state index in [9.17, 15) is 0 Å². The normalized spacial score (nSPS) is 12.7. The fraction of sp³-hybridized carbons (Fsp3) is 0.333. The summed E-state index contributed by atoms with van der Waals surface area (Å²) >= 11 is 0. The van der Waals surface area contributed by atoms with Crippen LogP contribution in [-0.4, -0.2) is 15.0 Å². The summed E-state index contributed by atoms with van der Waals surface area (Å²) in [5, 5.41) is 7.82. The van der Waals surface area contributed by atoms with E-state index in [-0.39, 0.29) is 6.04 Å². The van der Waals surface area contributed by atoms with E-state index >= 15 is 0 Å². The van der Waals surface area contributed by atoms with Gasteiger partial charge in [-0.15, -0.1) is 5.10 Å². The lowest BCUT2D eigenvalue weighted by molar-refractivity contribution is 0.568. The molecule has 1 unspecified atom stereocenters. The molecule has 1 atom stereocenters. The third-order valence-electron chi connectivity index (χ3n) is 3.17. The Morgan fingerprint density at radius 3 is 2.71 bits per heavy atom. The van der Waals surface area contributed by atoms with Crippen LogP contribution < -0.4 is 11.3 Å². The molecule has 90 valence electrons. The lowest BCUT2D eigenvalue weighted by Gasteiger charge is -2.19. The highest BCUT2D eigenvalue weighted by atomic mass is 15.4. The minimum Gasteiger partial charge on any atom is -0.271 e. The summed E-state index contributed by atoms with van der Waals surface area (Å²) in [6.07, 6.45) is 1.73. The Hall–Kier alpha value is -1.72. The topological polar surface area (TPSA) is 68.8 Å². The van der Waals surface area contributed by atoms with Crippen LogP contribution in [0.2, 0.25) is 0 Å². The summed E-state index contributed by atoms with van der Waals surface area (Å²) in [4.78, 5) is 0. The third-order valence-corrected chi connectivity index (χ3v) is 3.17. The zero-order valence-electron chi connectivity index (χ0n) is 10.3. The predicted octanol–water partition coefficient (Wildman–Crippen LogP) is 0.985. The molecule has 0 radical (unpaired) electrons. The minimum absolute atomic E-state index is 0.0881. The monoisotopic (exact) mass is 231 g/mol. The summed E-state index contributed by atoms with van der Waals surface area (Å²) in [6.45, 7) is 4.19. The first-order valence-electron chi connectivity index (χ1n) is 5.52. The first-order chi connectivity index (χ1) is 8.15. The number of benzene rings is 1. The maximum atomic E-state index is 5.66. The molecule has 5 nitrogen and oxygen atoms in total. The average molecular weight is 231 g/mol. The maximum absolute atomic E-state index is 5.66. The molecule has 1 heterocycles. The number of hydrazine groups is 1. The van der Waals surface area contributed by atoms with Gasteiger partial charge in [-0.2, -0.15) is 0 Å². The average Bonchev–Trinajstić information content (AvgIpc) is 2.72. The number of hydrogen-bond donors (Lipinski definition) is 2. The van der Waals surface area contributed by atoms with Gasteiger partial charge in [-0.3, -0.25) is 10.5 Å². The summed E-state index contributed by atoms with van der Waals surface area (Å²) in [5.74, 6) is 5.66. The van der Waals surface area contributed by atoms with Crippen LogP contribution in [0.3, 0.4) is 0 Å². The molecule has 1 aromatic carbocycles. The number of nitrogens with zero attached hydrogens (tertiary/aromatic N) is 3. The number of rotatable bonds is 3. The minimum atomic E-state index is -0.0881. The van der Waals surface area contributed by atoms with Gasteiger partial charge in [0, 0.05) is 7.05 Å². The molecule has 5 heteroatoms. The molecule has 0 spiro atoms. The second kappa shape index (κ2) is 4.65.